The first-order valence-corrected chi connectivity index (χ1v) is 5.99. The fourth-order valence-electron chi connectivity index (χ4n) is 2.01. The Morgan fingerprint density at radius 1 is 1.22 bits per heavy atom. The van der Waals surface area contributed by atoms with E-state index >= 15 is 0 Å². The summed E-state index contributed by atoms with van der Waals surface area (Å²) in [6, 6.07) is 10.9. The SMILES string of the molecule is Oc1cccc(Cc2ncc3cc(Cl)ccn23)c1. The Morgan fingerprint density at radius 2 is 2.11 bits per heavy atom. The molecular formula is C14H11ClN2O. The van der Waals surface area contributed by atoms with E-state index in [0.29, 0.717) is 11.4 Å². The predicted molar refractivity (Wildman–Crippen MR) is 71.1 cm³/mol. The number of rotatable bonds is 2. The van der Waals surface area contributed by atoms with E-state index < -0.39 is 0 Å². The fraction of sp³-hybridized carbons (Fsp3) is 0.0714. The Morgan fingerprint density at radius 3 is 2.94 bits per heavy atom. The summed E-state index contributed by atoms with van der Waals surface area (Å²) in [5.41, 5.74) is 2.00. The lowest BCUT2D eigenvalue weighted by Gasteiger charge is -2.02. The first-order chi connectivity index (χ1) is 8.72. The molecule has 1 aromatic carbocycles. The molecule has 4 heteroatoms. The number of phenols is 1. The van der Waals surface area contributed by atoms with Crippen LogP contribution in [-0.2, 0) is 6.42 Å². The molecule has 0 radical (unpaired) electrons. The van der Waals surface area contributed by atoms with Gasteiger partial charge in [-0.2, -0.15) is 0 Å². The zero-order chi connectivity index (χ0) is 12.5. The second-order valence-corrected chi connectivity index (χ2v) is 4.60. The second-order valence-electron chi connectivity index (χ2n) is 4.16. The van der Waals surface area contributed by atoms with Crippen LogP contribution in [0.2, 0.25) is 5.02 Å². The number of pyridine rings is 1. The van der Waals surface area contributed by atoms with Crippen LogP contribution in [0, 0.1) is 0 Å². The summed E-state index contributed by atoms with van der Waals surface area (Å²) in [4.78, 5) is 4.38. The number of hydrogen-bond donors (Lipinski definition) is 1. The molecule has 18 heavy (non-hydrogen) atoms. The molecule has 0 saturated heterocycles. The van der Waals surface area contributed by atoms with Crippen LogP contribution in [-0.4, -0.2) is 14.5 Å². The van der Waals surface area contributed by atoms with E-state index in [9.17, 15) is 5.11 Å². The summed E-state index contributed by atoms with van der Waals surface area (Å²) in [5, 5.41) is 10.1. The van der Waals surface area contributed by atoms with E-state index in [2.05, 4.69) is 4.98 Å². The Balaban J connectivity index is 2.00. The smallest absolute Gasteiger partial charge is 0.117 e. The molecule has 90 valence electrons. The number of aromatic nitrogens is 2. The van der Waals surface area contributed by atoms with Gasteiger partial charge in [0.1, 0.15) is 11.6 Å². The molecular weight excluding hydrogens is 248 g/mol. The van der Waals surface area contributed by atoms with Crippen molar-refractivity contribution < 1.29 is 5.11 Å². The third kappa shape index (κ3) is 2.05. The van der Waals surface area contributed by atoms with Gasteiger partial charge in [0.25, 0.3) is 0 Å². The zero-order valence-corrected chi connectivity index (χ0v) is 10.3. The standard InChI is InChI=1S/C14H11ClN2O/c15-11-4-5-17-12(8-11)9-16-14(17)7-10-2-1-3-13(18)6-10/h1-6,8-9,18H,7H2. The van der Waals surface area contributed by atoms with Crippen LogP contribution in [0.15, 0.2) is 48.8 Å². The van der Waals surface area contributed by atoms with Crippen molar-refractivity contribution in [1.82, 2.24) is 9.38 Å². The van der Waals surface area contributed by atoms with Crippen molar-refractivity contribution in [3.8, 4) is 5.75 Å². The van der Waals surface area contributed by atoms with Crippen molar-refractivity contribution in [1.29, 1.82) is 0 Å². The first kappa shape index (κ1) is 11.1. The maximum Gasteiger partial charge on any atom is 0.117 e. The molecule has 0 bridgehead atoms. The van der Waals surface area contributed by atoms with Crippen LogP contribution in [0.1, 0.15) is 11.4 Å². The van der Waals surface area contributed by atoms with Gasteiger partial charge in [0, 0.05) is 17.6 Å². The monoisotopic (exact) mass is 258 g/mol. The van der Waals surface area contributed by atoms with Crippen molar-refractivity contribution in [2.75, 3.05) is 0 Å². The molecule has 0 saturated carbocycles. The predicted octanol–water partition coefficient (Wildman–Crippen LogP) is 3.28. The highest BCUT2D eigenvalue weighted by Crippen LogP contribution is 2.18. The highest BCUT2D eigenvalue weighted by molar-refractivity contribution is 6.30. The molecule has 0 aliphatic rings. The Labute approximate surface area is 109 Å². The molecule has 0 aliphatic carbocycles. The molecule has 0 amide bonds. The molecule has 1 N–H and O–H groups in total. The van der Waals surface area contributed by atoms with E-state index in [-0.39, 0.29) is 5.75 Å². The minimum Gasteiger partial charge on any atom is -0.508 e. The van der Waals surface area contributed by atoms with E-state index in [1.54, 1.807) is 18.3 Å². The highest BCUT2D eigenvalue weighted by atomic mass is 35.5. The van der Waals surface area contributed by atoms with Crippen molar-refractivity contribution in [3.05, 3.63) is 65.2 Å². The minimum atomic E-state index is 0.274. The number of halogens is 1. The summed E-state index contributed by atoms with van der Waals surface area (Å²) >= 11 is 5.93. The number of hydrogen-bond acceptors (Lipinski definition) is 2. The molecule has 0 atom stereocenters. The zero-order valence-electron chi connectivity index (χ0n) is 9.55. The van der Waals surface area contributed by atoms with Gasteiger partial charge in [-0.1, -0.05) is 23.7 Å². The lowest BCUT2D eigenvalue weighted by atomic mass is 10.1. The van der Waals surface area contributed by atoms with E-state index in [1.807, 2.05) is 34.9 Å². The summed E-state index contributed by atoms with van der Waals surface area (Å²) in [5.74, 6) is 1.20. The number of nitrogens with zero attached hydrogens (tertiary/aromatic N) is 2. The molecule has 3 rings (SSSR count). The number of imidazole rings is 1. The van der Waals surface area contributed by atoms with Gasteiger partial charge in [0.2, 0.25) is 0 Å². The van der Waals surface area contributed by atoms with Crippen LogP contribution in [0.4, 0.5) is 0 Å². The molecule has 0 aliphatic heterocycles. The maximum atomic E-state index is 9.45. The third-order valence-corrected chi connectivity index (χ3v) is 3.08. The molecule has 2 aromatic heterocycles. The normalized spacial score (nSPS) is 10.9. The Kier molecular flexibility index (Phi) is 2.68. The van der Waals surface area contributed by atoms with E-state index in [0.717, 1.165) is 16.9 Å². The largest absolute Gasteiger partial charge is 0.508 e. The van der Waals surface area contributed by atoms with Crippen LogP contribution < -0.4 is 0 Å². The summed E-state index contributed by atoms with van der Waals surface area (Å²) in [6.07, 6.45) is 4.37. The second kappa shape index (κ2) is 4.35. The molecule has 3 nitrogen and oxygen atoms in total. The fourth-order valence-corrected chi connectivity index (χ4v) is 2.18. The summed E-state index contributed by atoms with van der Waals surface area (Å²) in [6.45, 7) is 0. The quantitative estimate of drug-likeness (QED) is 0.766. The van der Waals surface area contributed by atoms with Crippen LogP contribution in [0.3, 0.4) is 0 Å². The third-order valence-electron chi connectivity index (χ3n) is 2.84. The van der Waals surface area contributed by atoms with Gasteiger partial charge in [0.15, 0.2) is 0 Å². The maximum absolute atomic E-state index is 9.45. The lowest BCUT2D eigenvalue weighted by molar-refractivity contribution is 0.474. The molecule has 0 unspecified atom stereocenters. The van der Waals surface area contributed by atoms with Crippen molar-refractivity contribution >= 4 is 17.1 Å². The number of aromatic hydroxyl groups is 1. The average molecular weight is 259 g/mol. The molecule has 0 spiro atoms. The number of fused-ring (bicyclic) bond motifs is 1. The highest BCUT2D eigenvalue weighted by Gasteiger charge is 2.05. The summed E-state index contributed by atoms with van der Waals surface area (Å²) < 4.78 is 2.00. The number of benzene rings is 1. The lowest BCUT2D eigenvalue weighted by Crippen LogP contribution is -1.95. The minimum absolute atomic E-state index is 0.274. The van der Waals surface area contributed by atoms with Gasteiger partial charge >= 0.3 is 0 Å². The molecule has 0 fully saturated rings. The van der Waals surface area contributed by atoms with Crippen molar-refractivity contribution in [2.45, 2.75) is 6.42 Å². The van der Waals surface area contributed by atoms with Gasteiger partial charge in [0.05, 0.1) is 11.7 Å². The van der Waals surface area contributed by atoms with Crippen LogP contribution in [0.5, 0.6) is 5.75 Å². The molecule has 2 heterocycles. The Bertz CT molecular complexity index is 706. The Hall–Kier alpha value is -2.00. The van der Waals surface area contributed by atoms with Gasteiger partial charge in [-0.3, -0.25) is 0 Å². The molecule has 3 aromatic rings. The van der Waals surface area contributed by atoms with Gasteiger partial charge < -0.3 is 9.51 Å². The van der Waals surface area contributed by atoms with Crippen molar-refractivity contribution in [3.63, 3.8) is 0 Å². The van der Waals surface area contributed by atoms with Crippen LogP contribution >= 0.6 is 11.6 Å². The number of phenolic OH excluding ortho intramolecular Hbond substituents is 1. The topological polar surface area (TPSA) is 37.5 Å². The van der Waals surface area contributed by atoms with Crippen molar-refractivity contribution in [2.24, 2.45) is 0 Å². The van der Waals surface area contributed by atoms with Gasteiger partial charge in [-0.05, 0) is 29.8 Å². The van der Waals surface area contributed by atoms with Gasteiger partial charge in [-0.25, -0.2) is 4.98 Å². The average Bonchev–Trinajstić information content (AvgIpc) is 2.72. The van der Waals surface area contributed by atoms with Crippen LogP contribution in [0.25, 0.3) is 5.52 Å². The van der Waals surface area contributed by atoms with E-state index in [4.69, 9.17) is 11.6 Å². The first-order valence-electron chi connectivity index (χ1n) is 5.62. The summed E-state index contributed by atoms with van der Waals surface area (Å²) in [7, 11) is 0. The van der Waals surface area contributed by atoms with E-state index in [1.165, 1.54) is 0 Å². The van der Waals surface area contributed by atoms with Gasteiger partial charge in [-0.15, -0.1) is 0 Å².